The molecule has 0 bridgehead atoms. The molecule has 2 N–H and O–H groups in total. The Kier molecular flexibility index (Phi) is 5.92. The predicted molar refractivity (Wildman–Crippen MR) is 71.9 cm³/mol. The Morgan fingerprint density at radius 3 is 2.68 bits per heavy atom. The predicted octanol–water partition coefficient (Wildman–Crippen LogP) is 1.08. The fourth-order valence-electron chi connectivity index (χ4n) is 1.41. The number of methoxy groups -OCH3 is 1. The average molecular weight is 307 g/mol. The molecule has 1 aromatic heterocycles. The van der Waals surface area contributed by atoms with E-state index in [0.29, 0.717) is 0 Å². The lowest BCUT2D eigenvalue weighted by atomic mass is 10.2. The van der Waals surface area contributed by atoms with Crippen LogP contribution in [0.2, 0.25) is 0 Å². The van der Waals surface area contributed by atoms with Crippen molar-refractivity contribution in [2.45, 2.75) is 30.0 Å². The monoisotopic (exact) mass is 307 g/mol. The lowest BCUT2D eigenvalue weighted by Gasteiger charge is -2.13. The highest BCUT2D eigenvalue weighted by Crippen LogP contribution is 2.22. The average Bonchev–Trinajstić information content (AvgIpc) is 2.83. The Bertz CT molecular complexity index is 523. The van der Waals surface area contributed by atoms with Crippen molar-refractivity contribution in [3.63, 3.8) is 0 Å². The van der Waals surface area contributed by atoms with Gasteiger partial charge in [-0.15, -0.1) is 11.3 Å². The quantitative estimate of drug-likeness (QED) is 0.749. The molecule has 1 heterocycles. The molecule has 1 unspecified atom stereocenters. The van der Waals surface area contributed by atoms with Crippen molar-refractivity contribution in [3.8, 4) is 0 Å². The van der Waals surface area contributed by atoms with E-state index >= 15 is 0 Å². The van der Waals surface area contributed by atoms with Gasteiger partial charge < -0.3 is 9.84 Å². The maximum atomic E-state index is 12.0. The molecule has 0 spiro atoms. The van der Waals surface area contributed by atoms with Crippen molar-refractivity contribution in [3.05, 3.63) is 17.0 Å². The lowest BCUT2D eigenvalue weighted by Crippen LogP contribution is -2.41. The Balaban J connectivity index is 2.84. The molecular formula is C11H17NO5S2. The second-order valence-electron chi connectivity index (χ2n) is 3.87. The van der Waals surface area contributed by atoms with E-state index in [9.17, 15) is 13.2 Å². The zero-order valence-corrected chi connectivity index (χ0v) is 12.4. The van der Waals surface area contributed by atoms with Gasteiger partial charge >= 0.3 is 5.97 Å². The molecule has 19 heavy (non-hydrogen) atoms. The Morgan fingerprint density at radius 2 is 2.21 bits per heavy atom. The summed E-state index contributed by atoms with van der Waals surface area (Å²) in [5.74, 6) is -1.21. The van der Waals surface area contributed by atoms with Crippen LogP contribution < -0.4 is 4.72 Å². The first kappa shape index (κ1) is 16.1. The van der Waals surface area contributed by atoms with Crippen molar-refractivity contribution in [1.82, 2.24) is 4.72 Å². The van der Waals surface area contributed by atoms with Gasteiger partial charge in [-0.05, 0) is 25.0 Å². The summed E-state index contributed by atoms with van der Waals surface area (Å²) in [5.41, 5.74) is 0. The fraction of sp³-hybridized carbons (Fsp3) is 0.545. The van der Waals surface area contributed by atoms with Crippen molar-refractivity contribution in [2.75, 3.05) is 13.7 Å². The molecule has 1 rings (SSSR count). The van der Waals surface area contributed by atoms with Gasteiger partial charge in [0.1, 0.15) is 10.3 Å². The summed E-state index contributed by atoms with van der Waals surface area (Å²) in [6.45, 7) is 2.10. The van der Waals surface area contributed by atoms with Crippen molar-refractivity contribution in [1.29, 1.82) is 0 Å². The van der Waals surface area contributed by atoms with Crippen LogP contribution in [0.1, 0.15) is 18.2 Å². The molecule has 0 saturated carbocycles. The molecule has 1 atom stereocenters. The minimum absolute atomic E-state index is 0.0804. The number of hydrogen-bond donors (Lipinski definition) is 2. The molecule has 0 aliphatic heterocycles. The van der Waals surface area contributed by atoms with Crippen LogP contribution in [0.3, 0.4) is 0 Å². The number of nitrogens with one attached hydrogen (secondary N) is 1. The van der Waals surface area contributed by atoms with Gasteiger partial charge in [-0.1, -0.05) is 6.92 Å². The van der Waals surface area contributed by atoms with E-state index in [1.54, 1.807) is 6.07 Å². The Morgan fingerprint density at radius 1 is 1.53 bits per heavy atom. The summed E-state index contributed by atoms with van der Waals surface area (Å²) < 4.78 is 31.2. The minimum atomic E-state index is -3.79. The fourth-order valence-corrected chi connectivity index (χ4v) is 3.94. The van der Waals surface area contributed by atoms with Crippen LogP contribution >= 0.6 is 11.3 Å². The highest BCUT2D eigenvalue weighted by molar-refractivity contribution is 7.91. The van der Waals surface area contributed by atoms with Crippen LogP contribution in [0.25, 0.3) is 0 Å². The summed E-state index contributed by atoms with van der Waals surface area (Å²) in [6.07, 6.45) is 0.823. The maximum Gasteiger partial charge on any atom is 0.321 e. The first-order chi connectivity index (χ1) is 8.90. The molecular weight excluding hydrogens is 290 g/mol. The van der Waals surface area contributed by atoms with Crippen LogP contribution in [0.5, 0.6) is 0 Å². The van der Waals surface area contributed by atoms with Gasteiger partial charge in [-0.2, -0.15) is 4.72 Å². The molecule has 8 heteroatoms. The third kappa shape index (κ3) is 4.57. The highest BCUT2D eigenvalue weighted by Gasteiger charge is 2.26. The third-order valence-corrected chi connectivity index (χ3v) is 5.65. The van der Waals surface area contributed by atoms with Gasteiger partial charge in [0.15, 0.2) is 0 Å². The summed E-state index contributed by atoms with van der Waals surface area (Å²) in [6, 6.07) is 2.03. The van der Waals surface area contributed by atoms with Gasteiger partial charge in [0.05, 0.1) is 0 Å². The number of carboxylic acid groups (broad SMARTS) is 1. The molecule has 0 aromatic carbocycles. The lowest BCUT2D eigenvalue weighted by molar-refractivity contribution is -0.139. The van der Waals surface area contributed by atoms with Gasteiger partial charge in [0.25, 0.3) is 10.0 Å². The smallest absolute Gasteiger partial charge is 0.321 e. The number of ether oxygens (including phenoxy) is 1. The number of aliphatic carboxylic acids is 1. The number of rotatable bonds is 8. The van der Waals surface area contributed by atoms with Crippen LogP contribution in [0.4, 0.5) is 0 Å². The number of sulfonamides is 1. The zero-order chi connectivity index (χ0) is 14.5. The van der Waals surface area contributed by atoms with Gasteiger partial charge in [0, 0.05) is 18.6 Å². The van der Waals surface area contributed by atoms with Gasteiger partial charge in [-0.25, -0.2) is 8.42 Å². The zero-order valence-electron chi connectivity index (χ0n) is 10.8. The first-order valence-electron chi connectivity index (χ1n) is 5.73. The molecule has 6 nitrogen and oxygen atoms in total. The molecule has 0 radical (unpaired) electrons. The summed E-state index contributed by atoms with van der Waals surface area (Å²) in [7, 11) is -2.36. The Labute approximate surface area is 116 Å². The van der Waals surface area contributed by atoms with Gasteiger partial charge in [0.2, 0.25) is 0 Å². The number of carboxylic acids is 1. The van der Waals surface area contributed by atoms with E-state index in [4.69, 9.17) is 9.84 Å². The largest absolute Gasteiger partial charge is 0.480 e. The molecule has 0 fully saturated rings. The van der Waals surface area contributed by atoms with E-state index in [-0.39, 0.29) is 17.2 Å². The number of carbonyl (C=O) groups is 1. The van der Waals surface area contributed by atoms with Crippen LogP contribution in [-0.4, -0.2) is 39.3 Å². The molecule has 1 aromatic rings. The molecule has 0 aliphatic carbocycles. The summed E-state index contributed by atoms with van der Waals surface area (Å²) >= 11 is 1.14. The molecule has 108 valence electrons. The molecule has 0 aliphatic rings. The standard InChI is InChI=1S/C11H17NO5S2/c1-3-8-4-5-10(18-8)19(15,16)12-9(11(13)14)6-7-17-2/h4-5,9,12H,3,6-7H2,1-2H3,(H,13,14). The number of aryl methyl sites for hydroxylation is 1. The van der Waals surface area contributed by atoms with E-state index < -0.39 is 22.0 Å². The SMILES string of the molecule is CCc1ccc(S(=O)(=O)NC(CCOC)C(=O)O)s1. The summed E-state index contributed by atoms with van der Waals surface area (Å²) in [5, 5.41) is 8.98. The van der Waals surface area contributed by atoms with Crippen molar-refractivity contribution in [2.24, 2.45) is 0 Å². The van der Waals surface area contributed by atoms with E-state index in [1.165, 1.54) is 13.2 Å². The number of hydrogen-bond acceptors (Lipinski definition) is 5. The molecule has 0 saturated heterocycles. The van der Waals surface area contributed by atoms with E-state index in [1.807, 2.05) is 6.92 Å². The number of thiophene rings is 1. The minimum Gasteiger partial charge on any atom is -0.480 e. The Hall–Kier alpha value is -0.960. The summed E-state index contributed by atoms with van der Waals surface area (Å²) in [4.78, 5) is 11.9. The highest BCUT2D eigenvalue weighted by atomic mass is 32.2. The van der Waals surface area contributed by atoms with E-state index in [2.05, 4.69) is 4.72 Å². The normalized spacial score (nSPS) is 13.4. The second-order valence-corrected chi connectivity index (χ2v) is 6.98. The van der Waals surface area contributed by atoms with Crippen molar-refractivity contribution < 1.29 is 23.1 Å². The van der Waals surface area contributed by atoms with E-state index in [0.717, 1.165) is 22.6 Å². The topological polar surface area (TPSA) is 92.7 Å². The van der Waals surface area contributed by atoms with Crippen molar-refractivity contribution >= 4 is 27.3 Å². The van der Waals surface area contributed by atoms with Crippen LogP contribution in [0.15, 0.2) is 16.3 Å². The maximum absolute atomic E-state index is 12.0. The van der Waals surface area contributed by atoms with Gasteiger partial charge in [-0.3, -0.25) is 4.79 Å². The van der Waals surface area contributed by atoms with Crippen LogP contribution in [-0.2, 0) is 26.0 Å². The third-order valence-electron chi connectivity index (χ3n) is 2.46. The van der Waals surface area contributed by atoms with Crippen LogP contribution in [0, 0.1) is 0 Å². The molecule has 0 amide bonds. The first-order valence-corrected chi connectivity index (χ1v) is 8.03. The second kappa shape index (κ2) is 6.99.